The van der Waals surface area contributed by atoms with Crippen LogP contribution in [0.15, 0.2) is 30.5 Å². The van der Waals surface area contributed by atoms with E-state index < -0.39 is 0 Å². The van der Waals surface area contributed by atoms with Crippen molar-refractivity contribution in [1.82, 2.24) is 10.2 Å². The molecule has 0 spiro atoms. The molecule has 1 atom stereocenters. The Labute approximate surface area is 69.8 Å². The maximum absolute atomic E-state index is 11.2. The Hall–Kier alpha value is -1.64. The highest BCUT2D eigenvalue weighted by molar-refractivity contribution is 5.94. The molecular formula is C9H7N2O. The first kappa shape index (κ1) is 7.03. The summed E-state index contributed by atoms with van der Waals surface area (Å²) in [7, 11) is 0. The normalized spacial score (nSPS) is 21.7. The zero-order valence-corrected chi connectivity index (χ0v) is 6.32. The Morgan fingerprint density at radius 3 is 3.17 bits per heavy atom. The van der Waals surface area contributed by atoms with Gasteiger partial charge < -0.3 is 0 Å². The molecule has 1 unspecified atom stereocenters. The lowest BCUT2D eigenvalue weighted by atomic mass is 9.96. The number of rotatable bonds is 1. The molecule has 59 valence electrons. The topological polar surface area (TPSA) is 45.8 Å². The fourth-order valence-corrected chi connectivity index (χ4v) is 1.15. The van der Waals surface area contributed by atoms with E-state index in [1.54, 1.807) is 24.4 Å². The van der Waals surface area contributed by atoms with Crippen molar-refractivity contribution in [3.63, 3.8) is 0 Å². The van der Waals surface area contributed by atoms with Crippen molar-refractivity contribution in [3.05, 3.63) is 42.3 Å². The van der Waals surface area contributed by atoms with Gasteiger partial charge in [0.1, 0.15) is 0 Å². The molecule has 0 aromatic carbocycles. The molecule has 3 nitrogen and oxygen atoms in total. The van der Waals surface area contributed by atoms with Gasteiger partial charge in [-0.05, 0) is 6.07 Å². The van der Waals surface area contributed by atoms with E-state index in [9.17, 15) is 4.79 Å². The van der Waals surface area contributed by atoms with Gasteiger partial charge in [0.15, 0.2) is 5.78 Å². The molecule has 1 aromatic rings. The maximum Gasteiger partial charge on any atom is 0.176 e. The first-order chi connectivity index (χ1) is 5.88. The number of aromatic nitrogens is 2. The van der Waals surface area contributed by atoms with Crippen LogP contribution in [0.3, 0.4) is 0 Å². The molecule has 12 heavy (non-hydrogen) atoms. The molecule has 0 saturated heterocycles. The quantitative estimate of drug-likeness (QED) is 0.664. The number of Topliss-reactive ketones (excluding diaryl/α,β-unsaturated/α-hetero) is 1. The zero-order valence-electron chi connectivity index (χ0n) is 6.32. The summed E-state index contributed by atoms with van der Waals surface area (Å²) in [6.45, 7) is 0. The first-order valence-electron chi connectivity index (χ1n) is 3.68. The monoisotopic (exact) mass is 159 g/mol. The number of hydrogen-bond donors (Lipinski definition) is 1. The Kier molecular flexibility index (Phi) is 1.63. The van der Waals surface area contributed by atoms with Crippen molar-refractivity contribution in [2.75, 3.05) is 0 Å². The molecule has 1 N–H and O–H groups in total. The summed E-state index contributed by atoms with van der Waals surface area (Å²) in [5.41, 5.74) is 0.747. The van der Waals surface area contributed by atoms with Crippen molar-refractivity contribution < 1.29 is 4.79 Å². The standard InChI is InChI=1S/C9H7N2O/c12-9-4-2-1-3-7(9)8-5-6-10-11-8/h1-3,5-7H,(H,10,11). The Morgan fingerprint density at radius 1 is 1.58 bits per heavy atom. The first-order valence-corrected chi connectivity index (χ1v) is 3.68. The van der Waals surface area contributed by atoms with Gasteiger partial charge in [0.25, 0.3) is 0 Å². The summed E-state index contributed by atoms with van der Waals surface area (Å²) in [4.78, 5) is 11.2. The van der Waals surface area contributed by atoms with Crippen LogP contribution in [0.2, 0.25) is 0 Å². The molecule has 1 radical (unpaired) electrons. The summed E-state index contributed by atoms with van der Waals surface area (Å²) in [6.07, 6.45) is 9.56. The minimum atomic E-state index is -0.249. The Bertz CT molecular complexity index is 335. The minimum absolute atomic E-state index is 0.0374. The van der Waals surface area contributed by atoms with E-state index in [1.807, 2.05) is 6.08 Å². The van der Waals surface area contributed by atoms with E-state index in [-0.39, 0.29) is 11.7 Å². The number of nitrogens with one attached hydrogen (secondary N) is 1. The van der Waals surface area contributed by atoms with Crippen LogP contribution in [-0.2, 0) is 4.79 Å². The number of nitrogens with zero attached hydrogens (tertiary/aromatic N) is 1. The van der Waals surface area contributed by atoms with Gasteiger partial charge in [0.2, 0.25) is 0 Å². The lowest BCUT2D eigenvalue weighted by Crippen LogP contribution is -2.10. The third-order valence-corrected chi connectivity index (χ3v) is 1.75. The minimum Gasteiger partial charge on any atom is -0.293 e. The molecule has 0 bridgehead atoms. The molecule has 0 fully saturated rings. The summed E-state index contributed by atoms with van der Waals surface area (Å²) in [6, 6.07) is 1.79. The van der Waals surface area contributed by atoms with E-state index in [0.29, 0.717) is 0 Å². The van der Waals surface area contributed by atoms with Crippen molar-refractivity contribution in [2.45, 2.75) is 5.92 Å². The van der Waals surface area contributed by atoms with Gasteiger partial charge in [0, 0.05) is 12.3 Å². The highest BCUT2D eigenvalue weighted by atomic mass is 16.1. The van der Waals surface area contributed by atoms with Crippen molar-refractivity contribution >= 4 is 5.78 Å². The van der Waals surface area contributed by atoms with Crippen LogP contribution in [0.1, 0.15) is 11.6 Å². The lowest BCUT2D eigenvalue weighted by Gasteiger charge is -2.06. The lowest BCUT2D eigenvalue weighted by molar-refractivity contribution is -0.115. The summed E-state index contributed by atoms with van der Waals surface area (Å²) in [5, 5.41) is 6.61. The van der Waals surface area contributed by atoms with Gasteiger partial charge in [-0.2, -0.15) is 5.10 Å². The van der Waals surface area contributed by atoms with Crippen LogP contribution in [0.4, 0.5) is 0 Å². The number of carbonyl (C=O) groups excluding carboxylic acids is 1. The second-order valence-electron chi connectivity index (χ2n) is 2.54. The molecule has 1 aliphatic carbocycles. The number of carbonyl (C=O) groups is 1. The molecular weight excluding hydrogens is 152 g/mol. The van der Waals surface area contributed by atoms with Gasteiger partial charge in [0.05, 0.1) is 11.6 Å². The third kappa shape index (κ3) is 1.09. The molecule has 1 heterocycles. The molecule has 1 aliphatic rings. The van der Waals surface area contributed by atoms with Crippen LogP contribution >= 0.6 is 0 Å². The second kappa shape index (κ2) is 2.77. The fraction of sp³-hybridized carbons (Fsp3) is 0.111. The van der Waals surface area contributed by atoms with Gasteiger partial charge in [-0.1, -0.05) is 18.2 Å². The maximum atomic E-state index is 11.2. The van der Waals surface area contributed by atoms with E-state index >= 15 is 0 Å². The van der Waals surface area contributed by atoms with Crippen LogP contribution in [-0.4, -0.2) is 16.0 Å². The SMILES string of the molecule is O=C1[C]=CC=CC1c1cc[nH]n1. The predicted octanol–water partition coefficient (Wildman–Crippen LogP) is 0.992. The van der Waals surface area contributed by atoms with Crippen molar-refractivity contribution in [2.24, 2.45) is 0 Å². The van der Waals surface area contributed by atoms with Crippen LogP contribution in [0.25, 0.3) is 0 Å². The van der Waals surface area contributed by atoms with Gasteiger partial charge >= 0.3 is 0 Å². The van der Waals surface area contributed by atoms with E-state index in [2.05, 4.69) is 16.3 Å². The molecule has 0 aliphatic heterocycles. The predicted molar refractivity (Wildman–Crippen MR) is 43.3 cm³/mol. The summed E-state index contributed by atoms with van der Waals surface area (Å²) in [5.74, 6) is -0.286. The van der Waals surface area contributed by atoms with Crippen molar-refractivity contribution in [1.29, 1.82) is 0 Å². The second-order valence-corrected chi connectivity index (χ2v) is 2.54. The number of allylic oxidation sites excluding steroid dienone is 4. The Balaban J connectivity index is 2.31. The van der Waals surface area contributed by atoms with Crippen LogP contribution in [0, 0.1) is 6.08 Å². The number of H-pyrrole nitrogens is 1. The average molecular weight is 159 g/mol. The molecule has 0 saturated carbocycles. The van der Waals surface area contributed by atoms with Crippen LogP contribution in [0.5, 0.6) is 0 Å². The zero-order chi connectivity index (χ0) is 8.39. The van der Waals surface area contributed by atoms with Gasteiger partial charge in [-0.3, -0.25) is 9.89 Å². The number of hydrogen-bond acceptors (Lipinski definition) is 2. The van der Waals surface area contributed by atoms with E-state index in [4.69, 9.17) is 0 Å². The molecule has 2 rings (SSSR count). The molecule has 0 amide bonds. The third-order valence-electron chi connectivity index (χ3n) is 1.75. The number of ketones is 1. The number of aromatic amines is 1. The Morgan fingerprint density at radius 2 is 2.50 bits per heavy atom. The van der Waals surface area contributed by atoms with Crippen molar-refractivity contribution in [3.8, 4) is 0 Å². The summed E-state index contributed by atoms with van der Waals surface area (Å²) < 4.78 is 0. The average Bonchev–Trinajstić information content (AvgIpc) is 2.57. The highest BCUT2D eigenvalue weighted by Gasteiger charge is 2.18. The van der Waals surface area contributed by atoms with Gasteiger partial charge in [-0.25, -0.2) is 0 Å². The van der Waals surface area contributed by atoms with E-state index in [0.717, 1.165) is 5.69 Å². The van der Waals surface area contributed by atoms with Gasteiger partial charge in [-0.15, -0.1) is 0 Å². The smallest absolute Gasteiger partial charge is 0.176 e. The summed E-state index contributed by atoms with van der Waals surface area (Å²) >= 11 is 0. The van der Waals surface area contributed by atoms with E-state index in [1.165, 1.54) is 0 Å². The van der Waals surface area contributed by atoms with Crippen LogP contribution < -0.4 is 0 Å². The highest BCUT2D eigenvalue weighted by Crippen LogP contribution is 2.18. The largest absolute Gasteiger partial charge is 0.293 e. The fourth-order valence-electron chi connectivity index (χ4n) is 1.15. The molecule has 3 heteroatoms. The molecule has 1 aromatic heterocycles.